The van der Waals surface area contributed by atoms with Crippen molar-refractivity contribution in [2.24, 2.45) is 23.7 Å². The Morgan fingerprint density at radius 3 is 2.62 bits per heavy atom. The normalized spacial score (nSPS) is 47.3. The molecular formula is C12H22S. The second-order valence-electron chi connectivity index (χ2n) is 5.42. The SMILES string of the molecule is CC1CC2CCC(C(C)S)C(C1)C2. The van der Waals surface area contributed by atoms with Gasteiger partial charge in [-0.3, -0.25) is 0 Å². The minimum absolute atomic E-state index is 0.622. The van der Waals surface area contributed by atoms with E-state index >= 15 is 0 Å². The molecule has 0 nitrogen and oxygen atoms in total. The second-order valence-corrected chi connectivity index (χ2v) is 6.23. The first kappa shape index (κ1) is 9.89. The highest BCUT2D eigenvalue weighted by Crippen LogP contribution is 2.47. The van der Waals surface area contributed by atoms with Crippen molar-refractivity contribution in [2.45, 2.75) is 51.2 Å². The molecule has 2 aliphatic rings. The zero-order valence-electron chi connectivity index (χ0n) is 8.87. The first-order chi connectivity index (χ1) is 6.16. The lowest BCUT2D eigenvalue weighted by Crippen LogP contribution is -2.35. The molecule has 0 aromatic rings. The number of fused-ring (bicyclic) bond motifs is 2. The first-order valence-corrected chi connectivity index (χ1v) is 6.36. The van der Waals surface area contributed by atoms with Crippen molar-refractivity contribution in [3.8, 4) is 0 Å². The predicted molar refractivity (Wildman–Crippen MR) is 61.2 cm³/mol. The van der Waals surface area contributed by atoms with E-state index in [0.29, 0.717) is 5.25 Å². The van der Waals surface area contributed by atoms with E-state index in [4.69, 9.17) is 0 Å². The molecule has 2 rings (SSSR count). The second kappa shape index (κ2) is 3.84. The van der Waals surface area contributed by atoms with Crippen molar-refractivity contribution in [2.75, 3.05) is 0 Å². The van der Waals surface area contributed by atoms with Gasteiger partial charge >= 0.3 is 0 Å². The van der Waals surface area contributed by atoms with Crippen LogP contribution in [0.4, 0.5) is 0 Å². The zero-order valence-corrected chi connectivity index (χ0v) is 9.76. The Morgan fingerprint density at radius 2 is 1.92 bits per heavy atom. The third-order valence-corrected chi connectivity index (χ3v) is 4.59. The summed E-state index contributed by atoms with van der Waals surface area (Å²) in [7, 11) is 0. The maximum absolute atomic E-state index is 4.64. The molecule has 2 saturated carbocycles. The van der Waals surface area contributed by atoms with Crippen LogP contribution in [-0.2, 0) is 0 Å². The fraction of sp³-hybridized carbons (Fsp3) is 1.00. The summed E-state index contributed by atoms with van der Waals surface area (Å²) in [6, 6.07) is 0. The lowest BCUT2D eigenvalue weighted by atomic mass is 9.63. The van der Waals surface area contributed by atoms with E-state index in [-0.39, 0.29) is 0 Å². The van der Waals surface area contributed by atoms with Gasteiger partial charge in [0.1, 0.15) is 0 Å². The Labute approximate surface area is 87.9 Å². The number of thiol groups is 1. The van der Waals surface area contributed by atoms with Crippen LogP contribution in [0.1, 0.15) is 46.0 Å². The fourth-order valence-electron chi connectivity index (χ4n) is 3.69. The lowest BCUT2D eigenvalue weighted by Gasteiger charge is -2.44. The molecule has 0 amide bonds. The Morgan fingerprint density at radius 1 is 1.15 bits per heavy atom. The molecule has 5 unspecified atom stereocenters. The highest BCUT2D eigenvalue weighted by atomic mass is 32.1. The molecule has 0 N–H and O–H groups in total. The monoisotopic (exact) mass is 198 g/mol. The molecule has 0 aromatic heterocycles. The summed E-state index contributed by atoms with van der Waals surface area (Å²) < 4.78 is 0. The van der Waals surface area contributed by atoms with Gasteiger partial charge in [0.25, 0.3) is 0 Å². The lowest BCUT2D eigenvalue weighted by molar-refractivity contribution is 0.0903. The molecule has 0 spiro atoms. The molecule has 2 bridgehead atoms. The summed E-state index contributed by atoms with van der Waals surface area (Å²) in [6.45, 7) is 4.72. The molecule has 76 valence electrons. The highest BCUT2D eigenvalue weighted by Gasteiger charge is 2.37. The molecule has 5 atom stereocenters. The Hall–Kier alpha value is 0.350. The van der Waals surface area contributed by atoms with Gasteiger partial charge in [0.05, 0.1) is 0 Å². The zero-order chi connectivity index (χ0) is 9.42. The number of hydrogen-bond donors (Lipinski definition) is 1. The smallest absolute Gasteiger partial charge is 0.00193 e. The quantitative estimate of drug-likeness (QED) is 0.609. The largest absolute Gasteiger partial charge is 0.176 e. The van der Waals surface area contributed by atoms with Crippen LogP contribution in [0.5, 0.6) is 0 Å². The minimum Gasteiger partial charge on any atom is -0.176 e. The van der Waals surface area contributed by atoms with Gasteiger partial charge in [-0.2, -0.15) is 12.6 Å². The summed E-state index contributed by atoms with van der Waals surface area (Å²) in [4.78, 5) is 0. The van der Waals surface area contributed by atoms with Gasteiger partial charge in [0.2, 0.25) is 0 Å². The molecule has 1 heteroatoms. The van der Waals surface area contributed by atoms with Crippen LogP contribution < -0.4 is 0 Å². The molecule has 0 aliphatic heterocycles. The van der Waals surface area contributed by atoms with E-state index in [0.717, 1.165) is 23.7 Å². The van der Waals surface area contributed by atoms with Gasteiger partial charge in [-0.05, 0) is 49.4 Å². The molecule has 0 saturated heterocycles. The molecule has 0 aromatic carbocycles. The van der Waals surface area contributed by atoms with Gasteiger partial charge < -0.3 is 0 Å². The van der Waals surface area contributed by atoms with E-state index in [1.54, 1.807) is 0 Å². The molecular weight excluding hydrogens is 176 g/mol. The Kier molecular flexibility index (Phi) is 2.92. The Balaban J connectivity index is 2.02. The van der Waals surface area contributed by atoms with Crippen molar-refractivity contribution >= 4 is 12.6 Å². The van der Waals surface area contributed by atoms with Crippen molar-refractivity contribution in [3.63, 3.8) is 0 Å². The summed E-state index contributed by atoms with van der Waals surface area (Å²) in [5, 5.41) is 0.622. The van der Waals surface area contributed by atoms with Gasteiger partial charge in [0.15, 0.2) is 0 Å². The molecule has 2 aliphatic carbocycles. The third-order valence-electron chi connectivity index (χ3n) is 4.21. The van der Waals surface area contributed by atoms with E-state index in [1.807, 2.05) is 0 Å². The van der Waals surface area contributed by atoms with E-state index in [1.165, 1.54) is 32.1 Å². The van der Waals surface area contributed by atoms with Crippen LogP contribution >= 0.6 is 12.6 Å². The van der Waals surface area contributed by atoms with Gasteiger partial charge in [0, 0.05) is 5.25 Å². The van der Waals surface area contributed by atoms with Crippen LogP contribution in [0.3, 0.4) is 0 Å². The van der Waals surface area contributed by atoms with Crippen LogP contribution in [0.15, 0.2) is 0 Å². The van der Waals surface area contributed by atoms with Gasteiger partial charge in [-0.15, -0.1) is 0 Å². The van der Waals surface area contributed by atoms with Crippen molar-refractivity contribution in [1.29, 1.82) is 0 Å². The average molecular weight is 198 g/mol. The van der Waals surface area contributed by atoms with Crippen LogP contribution in [0, 0.1) is 23.7 Å². The van der Waals surface area contributed by atoms with Crippen LogP contribution in [0.2, 0.25) is 0 Å². The number of rotatable bonds is 1. The first-order valence-electron chi connectivity index (χ1n) is 5.85. The standard InChI is InChI=1S/C12H22S/c1-8-5-10-3-4-12(9(2)13)11(6-8)7-10/h8-13H,3-7H2,1-2H3. The molecule has 13 heavy (non-hydrogen) atoms. The van der Waals surface area contributed by atoms with Crippen molar-refractivity contribution < 1.29 is 0 Å². The van der Waals surface area contributed by atoms with E-state index in [2.05, 4.69) is 26.5 Å². The highest BCUT2D eigenvalue weighted by molar-refractivity contribution is 7.80. The van der Waals surface area contributed by atoms with Gasteiger partial charge in [-0.1, -0.05) is 20.3 Å². The predicted octanol–water partition coefficient (Wildman–Crippen LogP) is 3.77. The molecule has 0 radical (unpaired) electrons. The fourth-order valence-corrected chi connectivity index (χ4v) is 4.08. The minimum atomic E-state index is 0.622. The average Bonchev–Trinajstić information content (AvgIpc) is 2.02. The summed E-state index contributed by atoms with van der Waals surface area (Å²) in [6.07, 6.45) is 7.43. The molecule has 2 fully saturated rings. The summed E-state index contributed by atoms with van der Waals surface area (Å²) >= 11 is 4.64. The maximum atomic E-state index is 4.64. The van der Waals surface area contributed by atoms with Crippen LogP contribution in [-0.4, -0.2) is 5.25 Å². The van der Waals surface area contributed by atoms with E-state index in [9.17, 15) is 0 Å². The summed E-state index contributed by atoms with van der Waals surface area (Å²) in [5.74, 6) is 3.98. The summed E-state index contributed by atoms with van der Waals surface area (Å²) in [5.41, 5.74) is 0. The van der Waals surface area contributed by atoms with E-state index < -0.39 is 0 Å². The van der Waals surface area contributed by atoms with Crippen molar-refractivity contribution in [3.05, 3.63) is 0 Å². The third kappa shape index (κ3) is 2.06. The number of hydrogen-bond acceptors (Lipinski definition) is 1. The topological polar surface area (TPSA) is 0 Å². The van der Waals surface area contributed by atoms with Crippen LogP contribution in [0.25, 0.3) is 0 Å². The van der Waals surface area contributed by atoms with Crippen molar-refractivity contribution in [1.82, 2.24) is 0 Å². The maximum Gasteiger partial charge on any atom is 0.00193 e. The van der Waals surface area contributed by atoms with Gasteiger partial charge in [-0.25, -0.2) is 0 Å². The molecule has 0 heterocycles. The Bertz CT molecular complexity index is 174.